The maximum atomic E-state index is 4.85. The molecule has 0 bridgehead atoms. The van der Waals surface area contributed by atoms with Gasteiger partial charge in [0.1, 0.15) is 5.82 Å². The van der Waals surface area contributed by atoms with Crippen LogP contribution in [-0.4, -0.2) is 24.1 Å². The van der Waals surface area contributed by atoms with Crippen LogP contribution in [0.25, 0.3) is 66.6 Å². The number of fused-ring (bicyclic) bond motifs is 5. The molecule has 3 aromatic carbocycles. The number of pyridine rings is 3. The van der Waals surface area contributed by atoms with Crippen molar-refractivity contribution < 1.29 is 0 Å². The molecule has 0 N–H and O–H groups in total. The van der Waals surface area contributed by atoms with Crippen LogP contribution in [0.2, 0.25) is 0 Å². The molecule has 8 rings (SSSR count). The number of hydrogen-bond donors (Lipinski definition) is 0. The fourth-order valence-electron chi connectivity index (χ4n) is 5.69. The highest BCUT2D eigenvalue weighted by molar-refractivity contribution is 6.18. The van der Waals surface area contributed by atoms with Gasteiger partial charge in [-0.1, -0.05) is 72.8 Å². The van der Waals surface area contributed by atoms with E-state index in [2.05, 4.69) is 105 Å². The predicted molar refractivity (Wildman–Crippen MR) is 162 cm³/mol. The van der Waals surface area contributed by atoms with E-state index in [-0.39, 0.29) is 0 Å². The zero-order valence-corrected chi connectivity index (χ0v) is 21.5. The molecule has 0 aliphatic rings. The topological polar surface area (TPSA) is 48.5 Å². The zero-order chi connectivity index (χ0) is 26.5. The van der Waals surface area contributed by atoms with E-state index in [4.69, 9.17) is 9.97 Å². The van der Waals surface area contributed by atoms with E-state index in [0.29, 0.717) is 0 Å². The van der Waals surface area contributed by atoms with Crippen molar-refractivity contribution in [2.45, 2.75) is 0 Å². The Morgan fingerprint density at radius 3 is 2.17 bits per heavy atom. The van der Waals surface area contributed by atoms with Crippen LogP contribution in [0.3, 0.4) is 0 Å². The Morgan fingerprint density at radius 2 is 1.38 bits per heavy atom. The molecule has 0 radical (unpaired) electrons. The SMILES string of the molecule is c1ccc(-c2ccnc(-n3ccc4ccc5c6ccncc6n(-c6ccc(-c7ccccc7)nc6)c5c43)c2)cc1. The maximum absolute atomic E-state index is 4.85. The van der Waals surface area contributed by atoms with Gasteiger partial charge in [-0.3, -0.25) is 14.5 Å². The molecule has 0 atom stereocenters. The van der Waals surface area contributed by atoms with Gasteiger partial charge in [-0.25, -0.2) is 4.98 Å². The summed E-state index contributed by atoms with van der Waals surface area (Å²) in [7, 11) is 0. The van der Waals surface area contributed by atoms with Gasteiger partial charge in [0.25, 0.3) is 0 Å². The lowest BCUT2D eigenvalue weighted by Crippen LogP contribution is -2.00. The first-order chi connectivity index (χ1) is 19.8. The van der Waals surface area contributed by atoms with E-state index in [1.54, 1.807) is 0 Å². The largest absolute Gasteiger partial charge is 0.304 e. The molecule has 0 fully saturated rings. The Labute approximate surface area is 230 Å². The lowest BCUT2D eigenvalue weighted by molar-refractivity contribution is 1.04. The second-order valence-electron chi connectivity index (χ2n) is 9.85. The van der Waals surface area contributed by atoms with Crippen LogP contribution in [0.15, 0.2) is 140 Å². The summed E-state index contributed by atoms with van der Waals surface area (Å²) in [6, 6.07) is 37.8. The first kappa shape index (κ1) is 22.4. The van der Waals surface area contributed by atoms with Gasteiger partial charge in [0, 0.05) is 40.3 Å². The van der Waals surface area contributed by atoms with Gasteiger partial charge in [-0.15, -0.1) is 0 Å². The van der Waals surface area contributed by atoms with Crippen LogP contribution in [0.1, 0.15) is 0 Å². The summed E-state index contributed by atoms with van der Waals surface area (Å²) in [5.41, 5.74) is 8.56. The minimum Gasteiger partial charge on any atom is -0.304 e. The average molecular weight is 514 g/mol. The molecule has 8 aromatic rings. The van der Waals surface area contributed by atoms with Gasteiger partial charge >= 0.3 is 0 Å². The summed E-state index contributed by atoms with van der Waals surface area (Å²) < 4.78 is 4.47. The van der Waals surface area contributed by atoms with Gasteiger partial charge < -0.3 is 4.57 Å². The van der Waals surface area contributed by atoms with Crippen molar-refractivity contribution in [3.05, 3.63) is 140 Å². The highest BCUT2D eigenvalue weighted by Gasteiger charge is 2.19. The molecule has 0 amide bonds. The summed E-state index contributed by atoms with van der Waals surface area (Å²) in [6.07, 6.45) is 9.74. The van der Waals surface area contributed by atoms with Crippen LogP contribution in [0.5, 0.6) is 0 Å². The lowest BCUT2D eigenvalue weighted by atomic mass is 10.1. The van der Waals surface area contributed by atoms with E-state index < -0.39 is 0 Å². The third-order valence-electron chi connectivity index (χ3n) is 7.56. The quantitative estimate of drug-likeness (QED) is 0.238. The number of hydrogen-bond acceptors (Lipinski definition) is 3. The number of aromatic nitrogens is 5. The van der Waals surface area contributed by atoms with Gasteiger partial charge in [0.2, 0.25) is 0 Å². The lowest BCUT2D eigenvalue weighted by Gasteiger charge is -2.12. The molecule has 188 valence electrons. The standard InChI is InChI=1S/C35H23N5/c1-3-7-24(8-4-1)27-15-19-37-33(21-27)39-20-17-26-11-13-30-29-16-18-36-23-32(29)40(35(30)34(26)39)28-12-14-31(38-22-28)25-9-5-2-6-10-25/h1-23H. The van der Waals surface area contributed by atoms with Crippen molar-refractivity contribution in [3.63, 3.8) is 0 Å². The van der Waals surface area contributed by atoms with Gasteiger partial charge in [0.15, 0.2) is 0 Å². The Hall–Kier alpha value is -5.55. The molecule has 0 aliphatic carbocycles. The molecule has 5 heteroatoms. The van der Waals surface area contributed by atoms with Crippen LogP contribution in [0, 0.1) is 0 Å². The second-order valence-corrected chi connectivity index (χ2v) is 9.85. The normalized spacial score (nSPS) is 11.5. The van der Waals surface area contributed by atoms with Gasteiger partial charge in [-0.05, 0) is 47.5 Å². The van der Waals surface area contributed by atoms with E-state index in [1.165, 1.54) is 0 Å². The van der Waals surface area contributed by atoms with Crippen molar-refractivity contribution in [2.75, 3.05) is 0 Å². The highest BCUT2D eigenvalue weighted by atomic mass is 15.1. The van der Waals surface area contributed by atoms with Crippen molar-refractivity contribution in [2.24, 2.45) is 0 Å². The molecule has 40 heavy (non-hydrogen) atoms. The van der Waals surface area contributed by atoms with E-state index in [1.807, 2.05) is 49.1 Å². The number of rotatable bonds is 4. The van der Waals surface area contributed by atoms with Crippen molar-refractivity contribution in [3.8, 4) is 33.9 Å². The third kappa shape index (κ3) is 3.52. The Kier molecular flexibility index (Phi) is 5.07. The second kappa shape index (κ2) is 9.03. The Balaban J connectivity index is 1.39. The van der Waals surface area contributed by atoms with Crippen LogP contribution >= 0.6 is 0 Å². The van der Waals surface area contributed by atoms with Crippen LogP contribution < -0.4 is 0 Å². The molecule has 0 aliphatic heterocycles. The van der Waals surface area contributed by atoms with Crippen LogP contribution in [0.4, 0.5) is 0 Å². The summed E-state index contributed by atoms with van der Waals surface area (Å²) in [5.74, 6) is 0.872. The van der Waals surface area contributed by atoms with E-state index in [9.17, 15) is 0 Å². The Morgan fingerprint density at radius 1 is 0.550 bits per heavy atom. The summed E-state index contributed by atoms with van der Waals surface area (Å²) in [6.45, 7) is 0. The number of benzene rings is 3. The van der Waals surface area contributed by atoms with Crippen molar-refractivity contribution in [1.82, 2.24) is 24.1 Å². The molecule has 0 saturated carbocycles. The van der Waals surface area contributed by atoms with E-state index >= 15 is 0 Å². The maximum Gasteiger partial charge on any atom is 0.137 e. The molecular weight excluding hydrogens is 490 g/mol. The minimum atomic E-state index is 0.872. The highest BCUT2D eigenvalue weighted by Crippen LogP contribution is 2.37. The minimum absolute atomic E-state index is 0.872. The van der Waals surface area contributed by atoms with Crippen LogP contribution in [-0.2, 0) is 0 Å². The summed E-state index contributed by atoms with van der Waals surface area (Å²) in [5, 5.41) is 3.46. The van der Waals surface area contributed by atoms with Gasteiger partial charge in [0.05, 0.1) is 40.3 Å². The molecular formula is C35H23N5. The molecule has 5 heterocycles. The molecule has 0 unspecified atom stereocenters. The predicted octanol–water partition coefficient (Wildman–Crippen LogP) is 8.25. The third-order valence-corrected chi connectivity index (χ3v) is 7.56. The summed E-state index contributed by atoms with van der Waals surface area (Å²) >= 11 is 0. The molecule has 0 spiro atoms. The van der Waals surface area contributed by atoms with E-state index in [0.717, 1.165) is 66.6 Å². The van der Waals surface area contributed by atoms with Gasteiger partial charge in [-0.2, -0.15) is 0 Å². The smallest absolute Gasteiger partial charge is 0.137 e. The average Bonchev–Trinajstić information content (AvgIpc) is 3.62. The van der Waals surface area contributed by atoms with Crippen molar-refractivity contribution in [1.29, 1.82) is 0 Å². The zero-order valence-electron chi connectivity index (χ0n) is 21.5. The molecule has 5 nitrogen and oxygen atoms in total. The first-order valence-corrected chi connectivity index (χ1v) is 13.3. The monoisotopic (exact) mass is 513 g/mol. The molecule has 0 saturated heterocycles. The Bertz CT molecular complexity index is 2140. The summed E-state index contributed by atoms with van der Waals surface area (Å²) in [4.78, 5) is 14.1. The first-order valence-electron chi connectivity index (χ1n) is 13.3. The molecule has 5 aromatic heterocycles. The fourth-order valence-corrected chi connectivity index (χ4v) is 5.69. The number of nitrogens with zero attached hydrogens (tertiary/aromatic N) is 5. The van der Waals surface area contributed by atoms with Crippen molar-refractivity contribution >= 4 is 32.7 Å². The fraction of sp³-hybridized carbons (Fsp3) is 0.